The van der Waals surface area contributed by atoms with Gasteiger partial charge in [0, 0.05) is 22.7 Å². The predicted octanol–water partition coefficient (Wildman–Crippen LogP) is 2.87. The van der Waals surface area contributed by atoms with Crippen LogP contribution in [0, 0.1) is 19.8 Å². The summed E-state index contributed by atoms with van der Waals surface area (Å²) in [7, 11) is 0. The van der Waals surface area contributed by atoms with E-state index in [1.54, 1.807) is 12.1 Å². The monoisotopic (exact) mass is 413 g/mol. The highest BCUT2D eigenvalue weighted by Gasteiger charge is 2.27. The predicted molar refractivity (Wildman–Crippen MR) is 111 cm³/mol. The highest BCUT2D eigenvalue weighted by molar-refractivity contribution is 7.15. The summed E-state index contributed by atoms with van der Waals surface area (Å²) in [6.45, 7) is 7.19. The van der Waals surface area contributed by atoms with Gasteiger partial charge in [-0.05, 0) is 31.4 Å². The van der Waals surface area contributed by atoms with Gasteiger partial charge in [-0.1, -0.05) is 32.0 Å². The maximum atomic E-state index is 12.6. The van der Waals surface area contributed by atoms with Crippen molar-refractivity contribution >= 4 is 28.2 Å². The Kier molecular flexibility index (Phi) is 6.12. The molecule has 2 aromatic heterocycles. The fraction of sp³-hybridized carbons (Fsp3) is 0.333. The molecule has 1 aromatic carbocycles. The molecule has 0 bridgehead atoms. The number of ether oxygens (including phenoxy) is 1. The van der Waals surface area contributed by atoms with Crippen LogP contribution in [0.1, 0.15) is 41.2 Å². The number of hydrogen-bond acceptors (Lipinski definition) is 6. The number of thiazole rings is 1. The third kappa shape index (κ3) is 4.54. The summed E-state index contributed by atoms with van der Waals surface area (Å²) in [5.41, 5.74) is 2.31. The van der Waals surface area contributed by atoms with Crippen molar-refractivity contribution in [2.45, 2.75) is 40.3 Å². The van der Waals surface area contributed by atoms with E-state index >= 15 is 0 Å². The average Bonchev–Trinajstić information content (AvgIpc) is 3.05. The van der Waals surface area contributed by atoms with Gasteiger partial charge in [0.2, 0.25) is 0 Å². The van der Waals surface area contributed by atoms with Gasteiger partial charge in [-0.25, -0.2) is 9.78 Å². The van der Waals surface area contributed by atoms with Crippen molar-refractivity contribution in [3.05, 3.63) is 68.6 Å². The smallest absolute Gasteiger partial charge is 0.329 e. The summed E-state index contributed by atoms with van der Waals surface area (Å²) in [5, 5.41) is 4.60. The van der Waals surface area contributed by atoms with Crippen molar-refractivity contribution in [3.8, 4) is 0 Å². The number of aryl methyl sites for hydroxylation is 2. The van der Waals surface area contributed by atoms with E-state index in [0.717, 1.165) is 11.3 Å². The topological polar surface area (TPSA) is 89.8 Å². The number of esters is 1. The first kappa shape index (κ1) is 20.7. The van der Waals surface area contributed by atoms with Gasteiger partial charge in [0.1, 0.15) is 12.6 Å². The molecule has 0 aliphatic rings. The van der Waals surface area contributed by atoms with Crippen LogP contribution in [0.3, 0.4) is 0 Å². The van der Waals surface area contributed by atoms with Gasteiger partial charge in [-0.2, -0.15) is 0 Å². The quantitative estimate of drug-likeness (QED) is 0.628. The number of fused-ring (bicyclic) bond motifs is 1. The minimum atomic E-state index is -0.809. The Balaban J connectivity index is 1.71. The molecule has 152 valence electrons. The van der Waals surface area contributed by atoms with Crippen LogP contribution in [-0.2, 0) is 16.1 Å². The van der Waals surface area contributed by atoms with Crippen LogP contribution >= 0.6 is 11.3 Å². The van der Waals surface area contributed by atoms with Crippen molar-refractivity contribution in [2.24, 2.45) is 5.92 Å². The lowest BCUT2D eigenvalue weighted by Crippen LogP contribution is -2.45. The van der Waals surface area contributed by atoms with Crippen molar-refractivity contribution in [3.63, 3.8) is 0 Å². The zero-order valence-corrected chi connectivity index (χ0v) is 17.6. The van der Waals surface area contributed by atoms with E-state index in [1.807, 2.05) is 45.2 Å². The Bertz CT molecular complexity index is 1120. The summed E-state index contributed by atoms with van der Waals surface area (Å²) >= 11 is 1.35. The number of carbonyl (C=O) groups excluding carboxylic acids is 2. The third-order valence-electron chi connectivity index (χ3n) is 4.59. The lowest BCUT2D eigenvalue weighted by Gasteiger charge is -2.21. The molecule has 3 rings (SSSR count). The molecule has 0 radical (unpaired) electrons. The van der Waals surface area contributed by atoms with Crippen LogP contribution in [0.2, 0.25) is 0 Å². The number of amides is 1. The molecule has 0 spiro atoms. The maximum absolute atomic E-state index is 12.6. The molecule has 1 amide bonds. The van der Waals surface area contributed by atoms with Gasteiger partial charge in [-0.15, -0.1) is 11.3 Å². The first-order valence-electron chi connectivity index (χ1n) is 9.28. The Hall–Kier alpha value is -3.00. The summed E-state index contributed by atoms with van der Waals surface area (Å²) in [6.07, 6.45) is 0. The maximum Gasteiger partial charge on any atom is 0.329 e. The van der Waals surface area contributed by atoms with Crippen molar-refractivity contribution in [1.29, 1.82) is 0 Å². The van der Waals surface area contributed by atoms with Crippen LogP contribution in [0.4, 0.5) is 0 Å². The van der Waals surface area contributed by atoms with E-state index < -0.39 is 12.0 Å². The van der Waals surface area contributed by atoms with Crippen LogP contribution < -0.4 is 10.9 Å². The molecule has 7 nitrogen and oxygen atoms in total. The van der Waals surface area contributed by atoms with Crippen molar-refractivity contribution < 1.29 is 14.3 Å². The molecule has 0 fully saturated rings. The van der Waals surface area contributed by atoms with Crippen molar-refractivity contribution in [1.82, 2.24) is 14.7 Å². The van der Waals surface area contributed by atoms with E-state index in [1.165, 1.54) is 21.8 Å². The average molecular weight is 413 g/mol. The van der Waals surface area contributed by atoms with E-state index in [-0.39, 0.29) is 24.0 Å². The molecule has 0 aliphatic heterocycles. The molecule has 0 unspecified atom stereocenters. The third-order valence-corrected chi connectivity index (χ3v) is 5.53. The fourth-order valence-electron chi connectivity index (χ4n) is 2.95. The molecule has 0 aliphatic carbocycles. The number of hydrogen-bond donors (Lipinski definition) is 1. The van der Waals surface area contributed by atoms with Gasteiger partial charge in [0.15, 0.2) is 4.96 Å². The largest absolute Gasteiger partial charge is 0.458 e. The highest BCUT2D eigenvalue weighted by Crippen LogP contribution is 2.13. The summed E-state index contributed by atoms with van der Waals surface area (Å²) < 4.78 is 6.88. The molecule has 1 N–H and O–H groups in total. The number of rotatable bonds is 6. The van der Waals surface area contributed by atoms with Gasteiger partial charge < -0.3 is 10.1 Å². The standard InChI is InChI=1S/C21H23N3O4S/c1-12(2)18(23-19(26)16-8-6-5-7-13(16)3)20(27)28-10-15-9-17(25)24-14(4)11-29-21(24)22-15/h5-9,11-12,18H,10H2,1-4H3,(H,23,26)/t18-/m0/s1. The second-order valence-corrected chi connectivity index (χ2v) is 8.04. The summed E-state index contributed by atoms with van der Waals surface area (Å²) in [4.78, 5) is 42.4. The molecule has 29 heavy (non-hydrogen) atoms. The van der Waals surface area contributed by atoms with E-state index in [4.69, 9.17) is 4.74 Å². The van der Waals surface area contributed by atoms with Gasteiger partial charge in [0.25, 0.3) is 11.5 Å². The molecule has 1 atom stereocenters. The number of nitrogens with zero attached hydrogens (tertiary/aromatic N) is 2. The van der Waals surface area contributed by atoms with Crippen LogP contribution in [0.15, 0.2) is 40.5 Å². The Morgan fingerprint density at radius 1 is 1.24 bits per heavy atom. The normalized spacial score (nSPS) is 12.2. The Morgan fingerprint density at radius 2 is 1.97 bits per heavy atom. The summed E-state index contributed by atoms with van der Waals surface area (Å²) in [6, 6.07) is 7.72. The molecular formula is C21H23N3O4S. The molecule has 0 saturated carbocycles. The zero-order chi connectivity index (χ0) is 21.1. The van der Waals surface area contributed by atoms with E-state index in [0.29, 0.717) is 16.2 Å². The lowest BCUT2D eigenvalue weighted by molar-refractivity contribution is -0.148. The van der Waals surface area contributed by atoms with Crippen LogP contribution in [-0.4, -0.2) is 27.3 Å². The fourth-order valence-corrected chi connectivity index (χ4v) is 3.84. The highest BCUT2D eigenvalue weighted by atomic mass is 32.1. The molecule has 8 heteroatoms. The van der Waals surface area contributed by atoms with Crippen molar-refractivity contribution in [2.75, 3.05) is 0 Å². The first-order chi connectivity index (χ1) is 13.8. The van der Waals surface area contributed by atoms with Crippen LogP contribution in [0.5, 0.6) is 0 Å². The number of benzene rings is 1. The first-order valence-corrected chi connectivity index (χ1v) is 10.2. The number of aromatic nitrogens is 2. The number of carbonyl (C=O) groups is 2. The van der Waals surface area contributed by atoms with E-state index in [2.05, 4.69) is 10.3 Å². The Labute approximate surface area is 172 Å². The lowest BCUT2D eigenvalue weighted by atomic mass is 10.0. The van der Waals surface area contributed by atoms with Gasteiger partial charge in [0.05, 0.1) is 5.69 Å². The molecular weight excluding hydrogens is 390 g/mol. The second kappa shape index (κ2) is 8.57. The molecule has 0 saturated heterocycles. The second-order valence-electron chi connectivity index (χ2n) is 7.20. The van der Waals surface area contributed by atoms with Gasteiger partial charge >= 0.3 is 5.97 Å². The van der Waals surface area contributed by atoms with E-state index in [9.17, 15) is 14.4 Å². The molecule has 2 heterocycles. The molecule has 3 aromatic rings. The zero-order valence-electron chi connectivity index (χ0n) is 16.8. The SMILES string of the molecule is Cc1ccccc1C(=O)N[C@H](C(=O)OCc1cc(=O)n2c(C)csc2n1)C(C)C. The minimum absolute atomic E-state index is 0.134. The summed E-state index contributed by atoms with van der Waals surface area (Å²) in [5.74, 6) is -1.06. The van der Waals surface area contributed by atoms with Gasteiger partial charge in [-0.3, -0.25) is 14.0 Å². The Morgan fingerprint density at radius 3 is 2.66 bits per heavy atom. The van der Waals surface area contributed by atoms with Crippen LogP contribution in [0.25, 0.3) is 4.96 Å². The minimum Gasteiger partial charge on any atom is -0.458 e. The number of nitrogens with one attached hydrogen (secondary N) is 1.